The van der Waals surface area contributed by atoms with Crippen LogP contribution in [0, 0.1) is 13.8 Å². The Morgan fingerprint density at radius 1 is 1.35 bits per heavy atom. The fourth-order valence-corrected chi connectivity index (χ4v) is 2.39. The minimum atomic E-state index is 0.134. The molecule has 0 fully saturated rings. The number of aryl methyl sites for hydroxylation is 2. The molecule has 0 unspecified atom stereocenters. The second kappa shape index (κ2) is 3.60. The van der Waals surface area contributed by atoms with Crippen LogP contribution in [0.4, 0.5) is 0 Å². The molecule has 2 N–H and O–H groups in total. The smallest absolute Gasteiger partial charge is 0.0981 e. The summed E-state index contributed by atoms with van der Waals surface area (Å²) in [7, 11) is 0. The van der Waals surface area contributed by atoms with Crippen molar-refractivity contribution in [2.24, 2.45) is 0 Å². The predicted molar refractivity (Wildman–Crippen MR) is 68.1 cm³/mol. The van der Waals surface area contributed by atoms with E-state index in [9.17, 15) is 0 Å². The summed E-state index contributed by atoms with van der Waals surface area (Å²) in [5.74, 6) is 0. The molecule has 2 heterocycles. The van der Waals surface area contributed by atoms with E-state index in [1.807, 2.05) is 4.57 Å². The summed E-state index contributed by atoms with van der Waals surface area (Å²) in [5.41, 5.74) is 5.65. The van der Waals surface area contributed by atoms with E-state index in [1.165, 1.54) is 16.6 Å². The molecular formula is C13H15N3O. The number of aliphatic hydroxyl groups is 1. The molecule has 0 saturated carbocycles. The normalized spacial score (nSPS) is 11.7. The van der Waals surface area contributed by atoms with Crippen LogP contribution in [-0.2, 0) is 6.54 Å². The first-order valence-corrected chi connectivity index (χ1v) is 5.76. The van der Waals surface area contributed by atoms with E-state index in [-0.39, 0.29) is 6.61 Å². The molecule has 0 spiro atoms. The zero-order valence-corrected chi connectivity index (χ0v) is 9.99. The number of nitrogens with one attached hydrogen (secondary N) is 1. The van der Waals surface area contributed by atoms with Crippen LogP contribution in [0.3, 0.4) is 0 Å². The van der Waals surface area contributed by atoms with Gasteiger partial charge in [-0.1, -0.05) is 0 Å². The van der Waals surface area contributed by atoms with E-state index < -0.39 is 0 Å². The van der Waals surface area contributed by atoms with Gasteiger partial charge in [-0.3, -0.25) is 0 Å². The SMILES string of the molecule is Cc1[nH]c2ccc3c(ncn3CCO)c2c1C. The standard InChI is InChI=1S/C13H15N3O/c1-8-9(2)15-10-3-4-11-13(12(8)10)14-7-16(11)5-6-17/h3-4,7,15,17H,5-6H2,1-2H3. The van der Waals surface area contributed by atoms with E-state index in [2.05, 4.69) is 35.9 Å². The van der Waals surface area contributed by atoms with Crippen molar-refractivity contribution in [3.63, 3.8) is 0 Å². The molecule has 3 rings (SSSR count). The Kier molecular flexibility index (Phi) is 2.19. The van der Waals surface area contributed by atoms with E-state index >= 15 is 0 Å². The number of hydrogen-bond acceptors (Lipinski definition) is 2. The maximum atomic E-state index is 9.01. The maximum Gasteiger partial charge on any atom is 0.0981 e. The number of nitrogens with zero attached hydrogens (tertiary/aromatic N) is 2. The van der Waals surface area contributed by atoms with Crippen LogP contribution in [0.2, 0.25) is 0 Å². The van der Waals surface area contributed by atoms with Gasteiger partial charge in [0.05, 0.1) is 24.0 Å². The third kappa shape index (κ3) is 1.37. The molecule has 4 nitrogen and oxygen atoms in total. The second-order valence-corrected chi connectivity index (χ2v) is 4.39. The Labute approximate surface area is 98.9 Å². The first-order valence-electron chi connectivity index (χ1n) is 5.76. The van der Waals surface area contributed by atoms with Crippen molar-refractivity contribution in [2.75, 3.05) is 6.61 Å². The highest BCUT2D eigenvalue weighted by atomic mass is 16.3. The van der Waals surface area contributed by atoms with Crippen LogP contribution < -0.4 is 0 Å². The van der Waals surface area contributed by atoms with Crippen molar-refractivity contribution in [1.82, 2.24) is 14.5 Å². The summed E-state index contributed by atoms with van der Waals surface area (Å²) in [4.78, 5) is 7.83. The van der Waals surface area contributed by atoms with Crippen LogP contribution in [0.25, 0.3) is 21.9 Å². The number of benzene rings is 1. The first-order chi connectivity index (χ1) is 8.22. The fraction of sp³-hybridized carbons (Fsp3) is 0.308. The molecule has 0 saturated heterocycles. The lowest BCUT2D eigenvalue weighted by Crippen LogP contribution is -1.99. The number of imidazole rings is 1. The molecular weight excluding hydrogens is 214 g/mol. The van der Waals surface area contributed by atoms with Crippen molar-refractivity contribution in [3.8, 4) is 0 Å². The molecule has 88 valence electrons. The minimum absolute atomic E-state index is 0.134. The molecule has 0 amide bonds. The lowest BCUT2D eigenvalue weighted by atomic mass is 10.1. The van der Waals surface area contributed by atoms with E-state index in [0.29, 0.717) is 6.54 Å². The first kappa shape index (κ1) is 10.4. The molecule has 4 heteroatoms. The molecule has 0 aliphatic heterocycles. The number of fused-ring (bicyclic) bond motifs is 3. The summed E-state index contributed by atoms with van der Waals surface area (Å²) in [6.07, 6.45) is 1.79. The highest BCUT2D eigenvalue weighted by Crippen LogP contribution is 2.28. The summed E-state index contributed by atoms with van der Waals surface area (Å²) in [5, 5.41) is 10.2. The largest absolute Gasteiger partial charge is 0.395 e. The van der Waals surface area contributed by atoms with Crippen molar-refractivity contribution in [1.29, 1.82) is 0 Å². The Morgan fingerprint density at radius 2 is 2.18 bits per heavy atom. The summed E-state index contributed by atoms with van der Waals surface area (Å²) in [6, 6.07) is 4.13. The number of aliphatic hydroxyl groups excluding tert-OH is 1. The highest BCUT2D eigenvalue weighted by Gasteiger charge is 2.11. The number of hydrogen-bond donors (Lipinski definition) is 2. The fourth-order valence-electron chi connectivity index (χ4n) is 2.39. The molecule has 1 aromatic carbocycles. The van der Waals surface area contributed by atoms with Crippen LogP contribution in [0.15, 0.2) is 18.5 Å². The molecule has 0 radical (unpaired) electrons. The van der Waals surface area contributed by atoms with Gasteiger partial charge in [-0.05, 0) is 31.5 Å². The zero-order valence-electron chi connectivity index (χ0n) is 9.99. The summed E-state index contributed by atoms with van der Waals surface area (Å²) < 4.78 is 1.98. The molecule has 0 bridgehead atoms. The van der Waals surface area contributed by atoms with E-state index in [0.717, 1.165) is 16.6 Å². The monoisotopic (exact) mass is 229 g/mol. The van der Waals surface area contributed by atoms with Crippen LogP contribution in [0.5, 0.6) is 0 Å². The van der Waals surface area contributed by atoms with Crippen LogP contribution in [0.1, 0.15) is 11.3 Å². The molecule has 0 aliphatic carbocycles. The topological polar surface area (TPSA) is 53.8 Å². The molecule has 17 heavy (non-hydrogen) atoms. The maximum absolute atomic E-state index is 9.01. The van der Waals surface area contributed by atoms with Gasteiger partial charge in [-0.15, -0.1) is 0 Å². The summed E-state index contributed by atoms with van der Waals surface area (Å²) >= 11 is 0. The van der Waals surface area contributed by atoms with Crippen molar-refractivity contribution < 1.29 is 5.11 Å². The van der Waals surface area contributed by atoms with Gasteiger partial charge in [0.25, 0.3) is 0 Å². The molecule has 2 aromatic heterocycles. The Hall–Kier alpha value is -1.81. The number of rotatable bonds is 2. The van der Waals surface area contributed by atoms with Crippen LogP contribution in [-0.4, -0.2) is 26.2 Å². The Balaban J connectivity index is 2.40. The van der Waals surface area contributed by atoms with Crippen molar-refractivity contribution in [2.45, 2.75) is 20.4 Å². The lowest BCUT2D eigenvalue weighted by molar-refractivity contribution is 0.278. The van der Waals surface area contributed by atoms with Crippen LogP contribution >= 0.6 is 0 Å². The third-order valence-corrected chi connectivity index (χ3v) is 3.39. The minimum Gasteiger partial charge on any atom is -0.395 e. The molecule has 0 aliphatic rings. The van der Waals surface area contributed by atoms with Gasteiger partial charge in [0, 0.05) is 23.1 Å². The third-order valence-electron chi connectivity index (χ3n) is 3.39. The van der Waals surface area contributed by atoms with E-state index in [1.54, 1.807) is 6.33 Å². The molecule has 0 atom stereocenters. The molecule has 3 aromatic rings. The van der Waals surface area contributed by atoms with Gasteiger partial charge in [0.1, 0.15) is 0 Å². The Morgan fingerprint density at radius 3 is 2.94 bits per heavy atom. The number of aromatic amines is 1. The quantitative estimate of drug-likeness (QED) is 0.707. The van der Waals surface area contributed by atoms with Crippen molar-refractivity contribution in [3.05, 3.63) is 29.7 Å². The predicted octanol–water partition coefficient (Wildman–Crippen LogP) is 2.13. The Bertz CT molecular complexity index is 693. The van der Waals surface area contributed by atoms with E-state index in [4.69, 9.17) is 5.11 Å². The number of H-pyrrole nitrogens is 1. The highest BCUT2D eigenvalue weighted by molar-refractivity contribution is 6.05. The lowest BCUT2D eigenvalue weighted by Gasteiger charge is -2.01. The average Bonchev–Trinajstić information content (AvgIpc) is 2.83. The van der Waals surface area contributed by atoms with Crippen molar-refractivity contribution >= 4 is 21.9 Å². The van der Waals surface area contributed by atoms with Gasteiger partial charge in [0.2, 0.25) is 0 Å². The van der Waals surface area contributed by atoms with Gasteiger partial charge in [-0.2, -0.15) is 0 Å². The van der Waals surface area contributed by atoms with Gasteiger partial charge in [-0.25, -0.2) is 4.98 Å². The summed E-state index contributed by atoms with van der Waals surface area (Å²) in [6.45, 7) is 4.91. The zero-order chi connectivity index (χ0) is 12.0. The van der Waals surface area contributed by atoms with Gasteiger partial charge >= 0.3 is 0 Å². The average molecular weight is 229 g/mol. The number of aromatic nitrogens is 3. The van der Waals surface area contributed by atoms with Gasteiger partial charge in [0.15, 0.2) is 0 Å². The second-order valence-electron chi connectivity index (χ2n) is 4.39. The van der Waals surface area contributed by atoms with Gasteiger partial charge < -0.3 is 14.7 Å².